The van der Waals surface area contributed by atoms with Gasteiger partial charge in [0.25, 0.3) is 5.22 Å². The van der Waals surface area contributed by atoms with Crippen molar-refractivity contribution in [2.75, 3.05) is 6.61 Å². The number of carboxylic acids is 1. The molecule has 0 fully saturated rings. The molecule has 0 spiro atoms. The van der Waals surface area contributed by atoms with Crippen LogP contribution in [-0.2, 0) is 11.2 Å². The second-order valence-corrected chi connectivity index (χ2v) is 6.40. The topological polar surface area (TPSA) is 88.3 Å². The molecule has 0 saturated carbocycles. The van der Waals surface area contributed by atoms with Crippen LogP contribution in [-0.4, -0.2) is 22.8 Å². The van der Waals surface area contributed by atoms with E-state index in [0.29, 0.717) is 23.6 Å². The van der Waals surface area contributed by atoms with Gasteiger partial charge in [-0.2, -0.15) is 0 Å². The molecule has 0 amide bonds. The van der Waals surface area contributed by atoms with Gasteiger partial charge in [-0.1, -0.05) is 43.2 Å². The number of terminal acetylenes is 1. The van der Waals surface area contributed by atoms with E-state index >= 15 is 0 Å². The van der Waals surface area contributed by atoms with Gasteiger partial charge in [-0.15, -0.1) is 16.6 Å². The van der Waals surface area contributed by atoms with E-state index in [2.05, 4.69) is 16.1 Å². The SMILES string of the molecule is C#CCOc1ccc2ccccc2c1/C=C(\Sc1nnc(CC)o1)C(=O)[O-]. The van der Waals surface area contributed by atoms with Crippen molar-refractivity contribution in [2.24, 2.45) is 0 Å². The lowest BCUT2D eigenvalue weighted by molar-refractivity contribution is -0.298. The molecular weight excluding hydrogens is 364 g/mol. The van der Waals surface area contributed by atoms with Crippen molar-refractivity contribution >= 4 is 34.6 Å². The summed E-state index contributed by atoms with van der Waals surface area (Å²) in [5.41, 5.74) is 0.588. The summed E-state index contributed by atoms with van der Waals surface area (Å²) in [6.07, 6.45) is 7.32. The first-order valence-corrected chi connectivity index (χ1v) is 8.95. The van der Waals surface area contributed by atoms with Crippen molar-refractivity contribution in [1.29, 1.82) is 0 Å². The van der Waals surface area contributed by atoms with Gasteiger partial charge >= 0.3 is 0 Å². The van der Waals surface area contributed by atoms with E-state index in [9.17, 15) is 9.90 Å². The molecule has 0 saturated heterocycles. The van der Waals surface area contributed by atoms with Gasteiger partial charge in [0.2, 0.25) is 5.89 Å². The average molecular weight is 379 g/mol. The van der Waals surface area contributed by atoms with E-state index in [0.717, 1.165) is 22.5 Å². The standard InChI is InChI=1S/C20H16N2O4S/c1-3-11-25-16-10-9-13-7-5-6-8-14(13)15(16)12-17(19(23)24)27-20-22-21-18(4-2)26-20/h1,5-10,12H,4,11H2,2H3,(H,23,24)/p-1/b17-12-. The number of carbonyl (C=O) groups excluding carboxylic acids is 1. The molecule has 3 aromatic rings. The summed E-state index contributed by atoms with van der Waals surface area (Å²) >= 11 is 0.832. The summed E-state index contributed by atoms with van der Waals surface area (Å²) in [4.78, 5) is 11.6. The number of carboxylic acid groups (broad SMARTS) is 1. The highest BCUT2D eigenvalue weighted by Crippen LogP contribution is 2.34. The predicted octanol–water partition coefficient (Wildman–Crippen LogP) is 2.68. The Bertz CT molecular complexity index is 1050. The number of fused-ring (bicyclic) bond motifs is 1. The molecule has 0 radical (unpaired) electrons. The number of nitrogens with zero attached hydrogens (tertiary/aromatic N) is 2. The zero-order chi connectivity index (χ0) is 19.2. The van der Waals surface area contributed by atoms with Crippen LogP contribution in [0.15, 0.2) is 50.9 Å². The van der Waals surface area contributed by atoms with Crippen LogP contribution < -0.4 is 9.84 Å². The number of benzene rings is 2. The summed E-state index contributed by atoms with van der Waals surface area (Å²) in [6.45, 7) is 1.93. The number of ether oxygens (including phenoxy) is 1. The number of rotatable bonds is 7. The summed E-state index contributed by atoms with van der Waals surface area (Å²) in [6, 6.07) is 11.2. The first-order valence-electron chi connectivity index (χ1n) is 8.13. The maximum atomic E-state index is 11.7. The lowest BCUT2D eigenvalue weighted by atomic mass is 10.0. The van der Waals surface area contributed by atoms with Crippen LogP contribution in [0.1, 0.15) is 18.4 Å². The zero-order valence-corrected chi connectivity index (χ0v) is 15.3. The molecule has 7 heteroatoms. The van der Waals surface area contributed by atoms with Crippen LogP contribution >= 0.6 is 11.8 Å². The summed E-state index contributed by atoms with van der Waals surface area (Å²) in [5, 5.41) is 21.3. The van der Waals surface area contributed by atoms with Gasteiger partial charge in [0.05, 0.1) is 5.97 Å². The van der Waals surface area contributed by atoms with Crippen LogP contribution in [0.3, 0.4) is 0 Å². The van der Waals surface area contributed by atoms with E-state index in [1.165, 1.54) is 6.08 Å². The third kappa shape index (κ3) is 4.30. The molecule has 0 atom stereocenters. The van der Waals surface area contributed by atoms with Gasteiger partial charge in [-0.25, -0.2) is 0 Å². The van der Waals surface area contributed by atoms with Crippen molar-refractivity contribution in [2.45, 2.75) is 18.6 Å². The first kappa shape index (κ1) is 18.5. The zero-order valence-electron chi connectivity index (χ0n) is 14.5. The minimum Gasteiger partial charge on any atom is -0.544 e. The highest BCUT2D eigenvalue weighted by atomic mass is 32.2. The number of aliphatic carboxylic acids is 1. The highest BCUT2D eigenvalue weighted by Gasteiger charge is 2.13. The summed E-state index contributed by atoms with van der Waals surface area (Å²) < 4.78 is 11.0. The van der Waals surface area contributed by atoms with Gasteiger partial charge < -0.3 is 19.1 Å². The molecule has 27 heavy (non-hydrogen) atoms. The molecule has 0 aliphatic carbocycles. The van der Waals surface area contributed by atoms with Gasteiger partial charge in [-0.3, -0.25) is 0 Å². The van der Waals surface area contributed by atoms with Crippen molar-refractivity contribution < 1.29 is 19.1 Å². The Morgan fingerprint density at radius 3 is 2.85 bits per heavy atom. The number of hydrogen-bond donors (Lipinski definition) is 0. The Labute approximate surface area is 160 Å². The molecular formula is C20H15N2O4S-. The quantitative estimate of drug-likeness (QED) is 0.354. The fourth-order valence-electron chi connectivity index (χ4n) is 2.45. The van der Waals surface area contributed by atoms with Crippen LogP contribution in [0.2, 0.25) is 0 Å². The van der Waals surface area contributed by atoms with Crippen LogP contribution in [0, 0.1) is 12.3 Å². The van der Waals surface area contributed by atoms with Gasteiger partial charge in [0.15, 0.2) is 0 Å². The Morgan fingerprint density at radius 1 is 1.33 bits per heavy atom. The molecule has 0 N–H and O–H groups in total. The maximum absolute atomic E-state index is 11.7. The van der Waals surface area contributed by atoms with Crippen LogP contribution in [0.25, 0.3) is 16.8 Å². The van der Waals surface area contributed by atoms with E-state index in [1.807, 2.05) is 37.3 Å². The van der Waals surface area contributed by atoms with Crippen molar-refractivity contribution in [1.82, 2.24) is 10.2 Å². The maximum Gasteiger partial charge on any atom is 0.281 e. The van der Waals surface area contributed by atoms with Crippen molar-refractivity contribution in [3.8, 4) is 18.1 Å². The second kappa shape index (κ2) is 8.43. The molecule has 136 valence electrons. The normalized spacial score (nSPS) is 11.3. The van der Waals surface area contributed by atoms with E-state index in [1.54, 1.807) is 6.07 Å². The second-order valence-electron chi connectivity index (χ2n) is 5.40. The molecule has 6 nitrogen and oxygen atoms in total. The fraction of sp³-hybridized carbons (Fsp3) is 0.150. The number of aryl methyl sites for hydroxylation is 1. The average Bonchev–Trinajstić information content (AvgIpc) is 3.14. The van der Waals surface area contributed by atoms with E-state index < -0.39 is 5.97 Å². The van der Waals surface area contributed by atoms with E-state index in [-0.39, 0.29) is 16.7 Å². The smallest absolute Gasteiger partial charge is 0.281 e. The van der Waals surface area contributed by atoms with Crippen molar-refractivity contribution in [3.05, 3.63) is 52.8 Å². The molecule has 1 heterocycles. The minimum atomic E-state index is -1.35. The Morgan fingerprint density at radius 2 is 2.15 bits per heavy atom. The van der Waals surface area contributed by atoms with Crippen molar-refractivity contribution in [3.63, 3.8) is 0 Å². The van der Waals surface area contributed by atoms with E-state index in [4.69, 9.17) is 15.6 Å². The third-order valence-corrected chi connectivity index (χ3v) is 4.51. The largest absolute Gasteiger partial charge is 0.544 e. The first-order chi connectivity index (χ1) is 13.1. The highest BCUT2D eigenvalue weighted by molar-refractivity contribution is 8.03. The predicted molar refractivity (Wildman–Crippen MR) is 101 cm³/mol. The molecule has 3 rings (SSSR count). The number of carbonyl (C=O) groups is 1. The van der Waals surface area contributed by atoms with Gasteiger partial charge in [0, 0.05) is 16.9 Å². The molecule has 0 bridgehead atoms. The molecule has 0 unspecified atom stereocenters. The summed E-state index contributed by atoms with van der Waals surface area (Å²) in [7, 11) is 0. The number of thioether (sulfide) groups is 1. The van der Waals surface area contributed by atoms with Crippen LogP contribution in [0.5, 0.6) is 5.75 Å². The summed E-state index contributed by atoms with van der Waals surface area (Å²) in [5.74, 6) is 1.96. The number of hydrogen-bond acceptors (Lipinski definition) is 7. The number of aromatic nitrogens is 2. The fourth-order valence-corrected chi connectivity index (χ4v) is 3.12. The monoisotopic (exact) mass is 379 g/mol. The Hall–Kier alpha value is -3.24. The third-order valence-electron chi connectivity index (χ3n) is 3.67. The molecule has 0 aliphatic heterocycles. The lowest BCUT2D eigenvalue weighted by Crippen LogP contribution is -2.23. The molecule has 1 aromatic heterocycles. The minimum absolute atomic E-state index is 0.0660. The molecule has 2 aromatic carbocycles. The van der Waals surface area contributed by atoms with Crippen LogP contribution in [0.4, 0.5) is 0 Å². The Kier molecular flexibility index (Phi) is 5.79. The Balaban J connectivity index is 2.08. The van der Waals surface area contributed by atoms with Gasteiger partial charge in [0.1, 0.15) is 12.4 Å². The van der Waals surface area contributed by atoms with Gasteiger partial charge in [-0.05, 0) is 34.7 Å². The molecule has 0 aliphatic rings. The lowest BCUT2D eigenvalue weighted by Gasteiger charge is -2.12.